The maximum absolute atomic E-state index is 12.1. The normalized spacial score (nSPS) is 10.4. The van der Waals surface area contributed by atoms with Crippen LogP contribution in [-0.2, 0) is 9.59 Å². The van der Waals surface area contributed by atoms with Crippen molar-refractivity contribution in [3.8, 4) is 0 Å². The van der Waals surface area contributed by atoms with Crippen LogP contribution >= 0.6 is 35.0 Å². The monoisotopic (exact) mass is 399 g/mol. The summed E-state index contributed by atoms with van der Waals surface area (Å²) >= 11 is 12.8. The fourth-order valence-corrected chi connectivity index (χ4v) is 3.00. The van der Waals surface area contributed by atoms with Gasteiger partial charge in [0.2, 0.25) is 11.8 Å². The first-order chi connectivity index (χ1) is 11.9. The smallest absolute Gasteiger partial charge is 0.251 e. The van der Waals surface area contributed by atoms with E-state index in [0.717, 1.165) is 11.8 Å². The van der Waals surface area contributed by atoms with Crippen LogP contribution in [0, 0.1) is 5.21 Å². The zero-order chi connectivity index (χ0) is 18.4. The van der Waals surface area contributed by atoms with Gasteiger partial charge in [-0.25, -0.2) is 0 Å². The van der Waals surface area contributed by atoms with E-state index in [0.29, 0.717) is 25.5 Å². The molecule has 0 radical (unpaired) electrons. The lowest BCUT2D eigenvalue weighted by molar-refractivity contribution is -0.645. The molecule has 0 unspecified atom stereocenters. The number of nitrogens with zero attached hydrogens (tertiary/aromatic N) is 2. The third-order valence-corrected chi connectivity index (χ3v) is 4.88. The van der Waals surface area contributed by atoms with E-state index < -0.39 is 0 Å². The van der Waals surface area contributed by atoms with Gasteiger partial charge in [-0.1, -0.05) is 23.2 Å². The molecule has 132 valence electrons. The second-order valence-corrected chi connectivity index (χ2v) is 6.89. The van der Waals surface area contributed by atoms with Gasteiger partial charge in [0.05, 0.1) is 22.3 Å². The van der Waals surface area contributed by atoms with Crippen molar-refractivity contribution in [3.05, 3.63) is 57.8 Å². The number of anilines is 1. The fraction of sp³-hybridized carbons (Fsp3) is 0.188. The predicted molar refractivity (Wildman–Crippen MR) is 98.9 cm³/mol. The van der Waals surface area contributed by atoms with Crippen LogP contribution in [0.25, 0.3) is 0 Å². The zero-order valence-electron chi connectivity index (χ0n) is 13.2. The highest BCUT2D eigenvalue weighted by atomic mass is 35.5. The molecule has 2 amide bonds. The van der Waals surface area contributed by atoms with Crippen LogP contribution in [0.15, 0.2) is 47.6 Å². The topological polar surface area (TPSA) is 76.4 Å². The van der Waals surface area contributed by atoms with E-state index in [9.17, 15) is 14.8 Å². The van der Waals surface area contributed by atoms with Crippen LogP contribution in [0.4, 0.5) is 5.69 Å². The quantitative estimate of drug-likeness (QED) is 0.460. The number of amides is 2. The molecule has 25 heavy (non-hydrogen) atoms. The third-order valence-electron chi connectivity index (χ3n) is 3.14. The maximum atomic E-state index is 12.1. The molecule has 0 bridgehead atoms. The number of thioether (sulfide) groups is 1. The summed E-state index contributed by atoms with van der Waals surface area (Å²) < 4.78 is 0.689. The number of nitrogens with one attached hydrogen (secondary N) is 1. The summed E-state index contributed by atoms with van der Waals surface area (Å²) in [4.78, 5) is 25.4. The molecular weight excluding hydrogens is 385 g/mol. The Hall–Kier alpha value is -1.96. The Balaban J connectivity index is 1.84. The highest BCUT2D eigenvalue weighted by Gasteiger charge is 2.16. The number of aromatic nitrogens is 1. The van der Waals surface area contributed by atoms with Gasteiger partial charge in [0.1, 0.15) is 0 Å². The summed E-state index contributed by atoms with van der Waals surface area (Å²) in [5.41, 5.74) is 0.492. The van der Waals surface area contributed by atoms with E-state index in [-0.39, 0.29) is 24.1 Å². The lowest BCUT2D eigenvalue weighted by Crippen LogP contribution is -2.36. The molecule has 0 spiro atoms. The van der Waals surface area contributed by atoms with Gasteiger partial charge in [-0.05, 0) is 36.0 Å². The van der Waals surface area contributed by atoms with Gasteiger partial charge in [0.15, 0.2) is 6.20 Å². The first-order valence-corrected chi connectivity index (χ1v) is 8.91. The summed E-state index contributed by atoms with van der Waals surface area (Å²) in [5, 5.41) is 15.3. The van der Waals surface area contributed by atoms with Crippen molar-refractivity contribution in [2.24, 2.45) is 0 Å². The van der Waals surface area contributed by atoms with E-state index in [4.69, 9.17) is 23.2 Å². The van der Waals surface area contributed by atoms with Crippen LogP contribution in [0.2, 0.25) is 10.0 Å². The van der Waals surface area contributed by atoms with Crippen molar-refractivity contribution >= 4 is 52.5 Å². The molecule has 2 rings (SSSR count). The van der Waals surface area contributed by atoms with Gasteiger partial charge in [-0.15, -0.1) is 0 Å². The SMILES string of the molecule is CN(CC(=O)Nc1ccc(Cl)c(Cl)c1)C(=O)CSc1cccc[n+]1[O-]. The Bertz CT molecular complexity index is 789. The van der Waals surface area contributed by atoms with Crippen molar-refractivity contribution in [3.63, 3.8) is 0 Å². The standard InChI is InChI=1S/C16H15Cl2N3O3S/c1-20(15(23)10-25-16-4-2-3-7-21(16)24)9-14(22)19-11-5-6-12(17)13(18)8-11/h2-8H,9-10H2,1H3,(H,19,22). The molecule has 1 aromatic carbocycles. The summed E-state index contributed by atoms with van der Waals surface area (Å²) in [6, 6.07) is 9.67. The first kappa shape index (κ1) is 19.4. The number of rotatable bonds is 6. The average Bonchev–Trinajstić information content (AvgIpc) is 2.57. The molecule has 1 heterocycles. The lowest BCUT2D eigenvalue weighted by atomic mass is 10.3. The number of carbonyl (C=O) groups excluding carboxylic acids is 2. The van der Waals surface area contributed by atoms with Crippen molar-refractivity contribution < 1.29 is 14.3 Å². The molecule has 0 fully saturated rings. The van der Waals surface area contributed by atoms with Crippen molar-refractivity contribution in [1.29, 1.82) is 0 Å². The Kier molecular flexibility index (Phi) is 6.92. The van der Waals surface area contributed by atoms with Gasteiger partial charge in [0, 0.05) is 24.9 Å². The number of hydrogen-bond donors (Lipinski definition) is 1. The first-order valence-electron chi connectivity index (χ1n) is 7.16. The largest absolute Gasteiger partial charge is 0.618 e. The van der Waals surface area contributed by atoms with Crippen LogP contribution in [0.3, 0.4) is 0 Å². The number of carbonyl (C=O) groups is 2. The Morgan fingerprint density at radius 2 is 2.00 bits per heavy atom. The molecule has 1 N–H and O–H groups in total. The molecule has 0 saturated heterocycles. The molecule has 2 aromatic rings. The Morgan fingerprint density at radius 3 is 2.68 bits per heavy atom. The molecule has 0 aliphatic heterocycles. The van der Waals surface area contributed by atoms with Gasteiger partial charge in [0.25, 0.3) is 5.03 Å². The van der Waals surface area contributed by atoms with Crippen LogP contribution in [-0.4, -0.2) is 36.1 Å². The van der Waals surface area contributed by atoms with Gasteiger partial charge >= 0.3 is 0 Å². The number of halogens is 2. The highest BCUT2D eigenvalue weighted by molar-refractivity contribution is 7.99. The molecule has 1 aromatic heterocycles. The minimum absolute atomic E-state index is 0.0583. The van der Waals surface area contributed by atoms with Crippen molar-refractivity contribution in [2.45, 2.75) is 5.03 Å². The summed E-state index contributed by atoms with van der Waals surface area (Å²) in [6.45, 7) is -0.119. The van der Waals surface area contributed by atoms with E-state index in [2.05, 4.69) is 5.32 Å². The molecule has 0 saturated carbocycles. The van der Waals surface area contributed by atoms with Crippen LogP contribution in [0.5, 0.6) is 0 Å². The second kappa shape index (κ2) is 8.94. The van der Waals surface area contributed by atoms with Gasteiger partial charge in [-0.2, -0.15) is 4.73 Å². The van der Waals surface area contributed by atoms with Gasteiger partial charge < -0.3 is 15.4 Å². The summed E-state index contributed by atoms with van der Waals surface area (Å²) in [6.07, 6.45) is 1.36. The molecular formula is C16H15Cl2N3O3S. The number of benzene rings is 1. The average molecular weight is 400 g/mol. The fourth-order valence-electron chi connectivity index (χ4n) is 1.85. The highest BCUT2D eigenvalue weighted by Crippen LogP contribution is 2.24. The van der Waals surface area contributed by atoms with Crippen molar-refractivity contribution in [2.75, 3.05) is 24.7 Å². The van der Waals surface area contributed by atoms with E-state index in [1.165, 1.54) is 24.2 Å². The zero-order valence-corrected chi connectivity index (χ0v) is 15.6. The Morgan fingerprint density at radius 1 is 1.24 bits per heavy atom. The van der Waals surface area contributed by atoms with E-state index in [1.807, 2.05) is 0 Å². The minimum Gasteiger partial charge on any atom is -0.618 e. The van der Waals surface area contributed by atoms with Crippen LogP contribution < -0.4 is 10.0 Å². The molecule has 0 atom stereocenters. The summed E-state index contributed by atoms with van der Waals surface area (Å²) in [5.74, 6) is -0.570. The van der Waals surface area contributed by atoms with E-state index in [1.54, 1.807) is 30.3 Å². The molecule has 0 aliphatic rings. The molecule has 0 aliphatic carbocycles. The Labute approximate surface area is 159 Å². The van der Waals surface area contributed by atoms with Crippen LogP contribution in [0.1, 0.15) is 0 Å². The third kappa shape index (κ3) is 5.81. The minimum atomic E-state index is -0.363. The second-order valence-electron chi connectivity index (χ2n) is 5.08. The lowest BCUT2D eigenvalue weighted by Gasteiger charge is -2.16. The maximum Gasteiger partial charge on any atom is 0.251 e. The number of likely N-dealkylation sites (N-methyl/N-ethyl adjacent to an activating group) is 1. The number of hydrogen-bond acceptors (Lipinski definition) is 4. The number of pyridine rings is 1. The van der Waals surface area contributed by atoms with E-state index >= 15 is 0 Å². The molecule has 9 heteroatoms. The van der Waals surface area contributed by atoms with Crippen molar-refractivity contribution in [1.82, 2.24) is 4.90 Å². The molecule has 6 nitrogen and oxygen atoms in total. The summed E-state index contributed by atoms with van der Waals surface area (Å²) in [7, 11) is 1.52. The van der Waals surface area contributed by atoms with Gasteiger partial charge in [-0.3, -0.25) is 9.59 Å². The predicted octanol–water partition coefficient (Wildman–Crippen LogP) is 2.82.